The molecule has 0 saturated heterocycles. The second-order valence-electron chi connectivity index (χ2n) is 10.8. The van der Waals surface area contributed by atoms with Gasteiger partial charge in [-0.15, -0.1) is 11.3 Å². The number of carbonyl (C=O) groups excluding carboxylic acids is 1. The van der Waals surface area contributed by atoms with Crippen molar-refractivity contribution in [1.82, 2.24) is 14.1 Å². The molecule has 1 fully saturated rings. The van der Waals surface area contributed by atoms with Crippen LogP contribution in [0.15, 0.2) is 50.7 Å². The van der Waals surface area contributed by atoms with Crippen molar-refractivity contribution in [2.24, 2.45) is 5.73 Å². The van der Waals surface area contributed by atoms with Gasteiger partial charge >= 0.3 is 5.69 Å². The first-order valence-electron chi connectivity index (χ1n) is 13.3. The van der Waals surface area contributed by atoms with Gasteiger partial charge in [0.1, 0.15) is 22.7 Å². The van der Waals surface area contributed by atoms with E-state index in [2.05, 4.69) is 4.98 Å². The molecule has 1 saturated carbocycles. The molecule has 1 aliphatic carbocycles. The molecule has 10 heteroatoms. The molecule has 1 aliphatic rings. The lowest BCUT2D eigenvalue weighted by atomic mass is 9.96. The first kappa shape index (κ1) is 27.1. The normalized spacial score (nSPS) is 15.6. The van der Waals surface area contributed by atoms with Crippen molar-refractivity contribution in [3.05, 3.63) is 74.3 Å². The Bertz CT molecular complexity index is 1620. The number of hydrogen-bond acceptors (Lipinski definition) is 7. The predicted octanol–water partition coefficient (Wildman–Crippen LogP) is 4.81. The van der Waals surface area contributed by atoms with Crippen molar-refractivity contribution in [1.29, 1.82) is 0 Å². The summed E-state index contributed by atoms with van der Waals surface area (Å²) < 4.78 is 14.8. The van der Waals surface area contributed by atoms with Crippen LogP contribution in [0.3, 0.4) is 0 Å². The Morgan fingerprint density at radius 2 is 1.92 bits per heavy atom. The topological polar surface area (TPSA) is 122 Å². The number of hydrogen-bond donors (Lipinski definition) is 1. The van der Waals surface area contributed by atoms with Crippen molar-refractivity contribution in [2.75, 3.05) is 0 Å². The zero-order chi connectivity index (χ0) is 27.9. The van der Waals surface area contributed by atoms with Crippen LogP contribution in [0, 0.1) is 13.8 Å². The average Bonchev–Trinajstić information content (AvgIpc) is 3.55. The van der Waals surface area contributed by atoms with Crippen LogP contribution in [0.4, 0.5) is 0 Å². The van der Waals surface area contributed by atoms with Crippen LogP contribution >= 0.6 is 11.3 Å². The molecule has 0 aliphatic heterocycles. The number of aromatic nitrogens is 3. The van der Waals surface area contributed by atoms with Gasteiger partial charge in [-0.25, -0.2) is 14.3 Å². The van der Waals surface area contributed by atoms with Crippen LogP contribution < -0.4 is 17.0 Å². The number of aryl methyl sites for hydroxylation is 2. The monoisotopic (exact) mass is 550 g/mol. The van der Waals surface area contributed by atoms with Gasteiger partial charge in [-0.3, -0.25) is 14.2 Å². The van der Waals surface area contributed by atoms with Crippen LogP contribution in [0.1, 0.15) is 68.7 Å². The molecular weight excluding hydrogens is 516 g/mol. The van der Waals surface area contributed by atoms with Gasteiger partial charge in [0.15, 0.2) is 0 Å². The Morgan fingerprint density at radius 1 is 1.21 bits per heavy atom. The lowest BCUT2D eigenvalue weighted by Gasteiger charge is -2.30. The van der Waals surface area contributed by atoms with E-state index in [0.29, 0.717) is 26.5 Å². The summed E-state index contributed by atoms with van der Waals surface area (Å²) in [7, 11) is 0. The second-order valence-corrected chi connectivity index (χ2v) is 11.8. The molecule has 9 nitrogen and oxygen atoms in total. The summed E-state index contributed by atoms with van der Waals surface area (Å²) >= 11 is 1.27. The summed E-state index contributed by atoms with van der Waals surface area (Å²) in [5.41, 5.74) is 5.63. The highest BCUT2D eigenvalue weighted by Gasteiger charge is 2.35. The molecular formula is C29H34N4O5S. The van der Waals surface area contributed by atoms with Gasteiger partial charge in [0.2, 0.25) is 11.8 Å². The number of ether oxygens (including phenoxy) is 1. The number of rotatable bonds is 8. The van der Waals surface area contributed by atoms with E-state index in [1.807, 2.05) is 31.2 Å². The minimum atomic E-state index is -1.55. The van der Waals surface area contributed by atoms with Crippen molar-refractivity contribution in [3.63, 3.8) is 0 Å². The van der Waals surface area contributed by atoms with Gasteiger partial charge in [0.25, 0.3) is 5.56 Å². The first-order valence-corrected chi connectivity index (χ1v) is 14.1. The molecule has 1 amide bonds. The summed E-state index contributed by atoms with van der Waals surface area (Å²) in [5.74, 6) is -0.413. The van der Waals surface area contributed by atoms with Crippen molar-refractivity contribution < 1.29 is 13.9 Å². The third-order valence-corrected chi connectivity index (χ3v) is 9.10. The highest BCUT2D eigenvalue weighted by atomic mass is 32.1. The molecule has 206 valence electrons. The van der Waals surface area contributed by atoms with Crippen LogP contribution in [-0.4, -0.2) is 26.1 Å². The Kier molecular flexibility index (Phi) is 7.35. The molecule has 39 heavy (non-hydrogen) atoms. The van der Waals surface area contributed by atoms with Gasteiger partial charge in [0.05, 0.1) is 29.1 Å². The highest BCUT2D eigenvalue weighted by molar-refractivity contribution is 7.22. The molecule has 4 aromatic rings. The number of benzene rings is 1. The number of thiophene rings is 1. The van der Waals surface area contributed by atoms with E-state index in [9.17, 15) is 14.4 Å². The summed E-state index contributed by atoms with van der Waals surface area (Å²) in [6.07, 6.45) is 7.98. The van der Waals surface area contributed by atoms with Crippen molar-refractivity contribution >= 4 is 27.5 Å². The van der Waals surface area contributed by atoms with Gasteiger partial charge in [0, 0.05) is 0 Å². The molecule has 1 aromatic carbocycles. The average molecular weight is 551 g/mol. The van der Waals surface area contributed by atoms with E-state index < -0.39 is 28.8 Å². The summed E-state index contributed by atoms with van der Waals surface area (Å²) in [5, 5.41) is 0.336. The number of oxazole rings is 1. The number of primary amides is 1. The maximum absolute atomic E-state index is 14.1. The first-order chi connectivity index (χ1) is 18.6. The third-order valence-electron chi connectivity index (χ3n) is 7.79. The smallest absolute Gasteiger partial charge is 0.333 e. The molecule has 0 spiro atoms. The molecule has 0 bridgehead atoms. The van der Waals surface area contributed by atoms with E-state index in [0.717, 1.165) is 41.4 Å². The van der Waals surface area contributed by atoms with Crippen molar-refractivity contribution in [2.45, 2.75) is 84.1 Å². The summed E-state index contributed by atoms with van der Waals surface area (Å²) in [4.78, 5) is 45.9. The standard InChI is InChI=1S/C29H34N4O5S/c1-17-10-8-9-13-20(17)21(38-19-11-6-5-7-12-19)16-32-26-22(18(2)23(39-26)24-31-14-15-37-24)25(34)33(28(32)36)29(3,4)27(30)35/h8-10,13-15,19,21H,5-7,11-12,16H2,1-4H3,(H2,30,35)/t21-/m0/s1. The zero-order valence-electron chi connectivity index (χ0n) is 22.7. The van der Waals surface area contributed by atoms with E-state index in [1.54, 1.807) is 11.5 Å². The van der Waals surface area contributed by atoms with E-state index in [1.165, 1.54) is 44.1 Å². The molecule has 3 aromatic heterocycles. The summed E-state index contributed by atoms with van der Waals surface area (Å²) in [6, 6.07) is 7.98. The van der Waals surface area contributed by atoms with E-state index in [4.69, 9.17) is 14.9 Å². The van der Waals surface area contributed by atoms with Crippen LogP contribution in [0.5, 0.6) is 0 Å². The molecule has 0 radical (unpaired) electrons. The Morgan fingerprint density at radius 3 is 2.56 bits per heavy atom. The zero-order valence-corrected chi connectivity index (χ0v) is 23.5. The minimum absolute atomic E-state index is 0.0791. The van der Waals surface area contributed by atoms with Crippen LogP contribution in [-0.2, 0) is 21.6 Å². The molecule has 3 heterocycles. The maximum atomic E-state index is 14.1. The minimum Gasteiger partial charge on any atom is -0.444 e. The predicted molar refractivity (Wildman–Crippen MR) is 151 cm³/mol. The van der Waals surface area contributed by atoms with Crippen LogP contribution in [0.25, 0.3) is 21.0 Å². The maximum Gasteiger partial charge on any atom is 0.333 e. The Labute approximate surface area is 230 Å². The number of nitrogens with two attached hydrogens (primary N) is 1. The van der Waals surface area contributed by atoms with Gasteiger partial charge < -0.3 is 14.9 Å². The molecule has 0 unspecified atom stereocenters. The van der Waals surface area contributed by atoms with E-state index in [-0.39, 0.29) is 12.6 Å². The summed E-state index contributed by atoms with van der Waals surface area (Å²) in [6.45, 7) is 6.97. The Hall–Kier alpha value is -3.50. The third kappa shape index (κ3) is 4.87. The SMILES string of the molecule is Cc1ccccc1[C@H](Cn1c(=O)n(C(C)(C)C(N)=O)c(=O)c2c(C)c(-c3ncco3)sc21)OC1CCCCC1. The second kappa shape index (κ2) is 10.6. The highest BCUT2D eigenvalue weighted by Crippen LogP contribution is 2.37. The fraction of sp³-hybridized carbons (Fsp3) is 0.448. The molecule has 2 N–H and O–H groups in total. The quantitative estimate of drug-likeness (QED) is 0.336. The Balaban J connectivity index is 1.75. The largest absolute Gasteiger partial charge is 0.444 e. The van der Waals surface area contributed by atoms with Gasteiger partial charge in [-0.05, 0) is 57.2 Å². The van der Waals surface area contributed by atoms with Gasteiger partial charge in [-0.2, -0.15) is 0 Å². The lowest BCUT2D eigenvalue weighted by molar-refractivity contribution is -0.125. The van der Waals surface area contributed by atoms with Crippen LogP contribution in [0.2, 0.25) is 0 Å². The lowest BCUT2D eigenvalue weighted by Crippen LogP contribution is -2.54. The fourth-order valence-electron chi connectivity index (χ4n) is 5.41. The molecule has 5 rings (SSSR count). The number of carbonyl (C=O) groups is 1. The van der Waals surface area contributed by atoms with Crippen molar-refractivity contribution in [3.8, 4) is 10.8 Å². The van der Waals surface area contributed by atoms with Gasteiger partial charge in [-0.1, -0.05) is 43.5 Å². The van der Waals surface area contributed by atoms with E-state index >= 15 is 0 Å². The fourth-order valence-corrected chi connectivity index (χ4v) is 6.65. The number of amides is 1. The number of nitrogens with zero attached hydrogens (tertiary/aromatic N) is 3. The molecule has 1 atom stereocenters. The number of fused-ring (bicyclic) bond motifs is 1.